The quantitative estimate of drug-likeness (QED) is 0.473. The van der Waals surface area contributed by atoms with Crippen molar-refractivity contribution in [2.24, 2.45) is 0 Å². The molecule has 0 saturated heterocycles. The monoisotopic (exact) mass is 444 g/mol. The van der Waals surface area contributed by atoms with Crippen LogP contribution in [0.1, 0.15) is 50.8 Å². The fourth-order valence-electron chi connectivity index (χ4n) is 3.38. The number of aliphatic carboxylic acids is 1. The predicted molar refractivity (Wildman–Crippen MR) is 124 cm³/mol. The summed E-state index contributed by atoms with van der Waals surface area (Å²) in [5.74, 6) is -2.99. The summed E-state index contributed by atoms with van der Waals surface area (Å²) in [5.41, 5.74) is 1.97. The molecule has 0 spiro atoms. The molecular formula is C25H30F2N2O3. The van der Waals surface area contributed by atoms with E-state index in [-0.39, 0.29) is 40.3 Å². The van der Waals surface area contributed by atoms with Gasteiger partial charge in [0.05, 0.1) is 0 Å². The number of anilines is 1. The summed E-state index contributed by atoms with van der Waals surface area (Å²) in [7, 11) is 0. The van der Waals surface area contributed by atoms with E-state index in [0.717, 1.165) is 5.69 Å². The molecule has 172 valence electrons. The maximum Gasteiger partial charge on any atom is 0.325 e. The molecule has 0 heterocycles. The van der Waals surface area contributed by atoms with E-state index in [1.165, 1.54) is 26.8 Å². The molecule has 5 nitrogen and oxygen atoms in total. The van der Waals surface area contributed by atoms with Crippen molar-refractivity contribution in [1.29, 1.82) is 0 Å². The van der Waals surface area contributed by atoms with E-state index in [2.05, 4.69) is 10.6 Å². The lowest BCUT2D eigenvalue weighted by atomic mass is 9.92. The largest absolute Gasteiger partial charge is 0.480 e. The van der Waals surface area contributed by atoms with Crippen molar-refractivity contribution in [3.63, 3.8) is 0 Å². The van der Waals surface area contributed by atoms with E-state index in [1.807, 2.05) is 26.0 Å². The summed E-state index contributed by atoms with van der Waals surface area (Å²) in [4.78, 5) is 23.4. The number of amides is 1. The van der Waals surface area contributed by atoms with Gasteiger partial charge in [0.1, 0.15) is 17.7 Å². The lowest BCUT2D eigenvalue weighted by Crippen LogP contribution is -2.39. The van der Waals surface area contributed by atoms with Crippen LogP contribution in [0.4, 0.5) is 14.5 Å². The molecule has 0 fully saturated rings. The number of carboxylic acid groups (broad SMARTS) is 1. The Hall–Kier alpha value is -3.22. The molecule has 1 amide bonds. The Labute approximate surface area is 187 Å². The first-order valence-corrected chi connectivity index (χ1v) is 10.6. The molecule has 0 aliphatic heterocycles. The van der Waals surface area contributed by atoms with Crippen LogP contribution in [-0.2, 0) is 9.59 Å². The zero-order chi connectivity index (χ0) is 24.2. The Bertz CT molecular complexity index is 1020. The standard InChI is InChI=1S/C25H30F2N2O3/c1-7-17(24(30)29-16(6)25(31)32)12-20-14(4)23(27)21(15(5)22(20)26)18-8-10-19(11-9-18)28-13(2)3/h8-13,16,28H,7H2,1-6H3,(H,29,30)(H,31,32)/t16-/m1/s1. The van der Waals surface area contributed by atoms with Gasteiger partial charge >= 0.3 is 5.97 Å². The van der Waals surface area contributed by atoms with Crippen LogP contribution in [-0.4, -0.2) is 29.1 Å². The molecule has 0 aliphatic carbocycles. The highest BCUT2D eigenvalue weighted by Crippen LogP contribution is 2.35. The van der Waals surface area contributed by atoms with E-state index in [9.17, 15) is 9.59 Å². The number of hydrogen-bond donors (Lipinski definition) is 3. The fourth-order valence-corrected chi connectivity index (χ4v) is 3.38. The number of nitrogens with one attached hydrogen (secondary N) is 2. The minimum Gasteiger partial charge on any atom is -0.480 e. The van der Waals surface area contributed by atoms with Crippen molar-refractivity contribution >= 4 is 23.6 Å². The third kappa shape index (κ3) is 5.52. The van der Waals surface area contributed by atoms with Crippen molar-refractivity contribution in [3.05, 3.63) is 58.2 Å². The third-order valence-electron chi connectivity index (χ3n) is 5.23. The van der Waals surface area contributed by atoms with Gasteiger partial charge < -0.3 is 15.7 Å². The summed E-state index contributed by atoms with van der Waals surface area (Å²) >= 11 is 0. The number of benzene rings is 2. The van der Waals surface area contributed by atoms with Crippen LogP contribution in [0.15, 0.2) is 29.8 Å². The minimum atomic E-state index is -1.18. The number of carbonyl (C=O) groups excluding carboxylic acids is 1. The van der Waals surface area contributed by atoms with E-state index in [0.29, 0.717) is 5.56 Å². The number of rotatable bonds is 8. The van der Waals surface area contributed by atoms with Crippen LogP contribution in [0.3, 0.4) is 0 Å². The lowest BCUT2D eigenvalue weighted by Gasteiger charge is -2.17. The topological polar surface area (TPSA) is 78.4 Å². The van der Waals surface area contributed by atoms with E-state index < -0.39 is 29.6 Å². The fraction of sp³-hybridized carbons (Fsp3) is 0.360. The molecule has 0 bridgehead atoms. The van der Waals surface area contributed by atoms with Crippen molar-refractivity contribution in [2.45, 2.75) is 60.0 Å². The molecule has 0 aromatic heterocycles. The molecule has 0 radical (unpaired) electrons. The first-order valence-electron chi connectivity index (χ1n) is 10.6. The van der Waals surface area contributed by atoms with Crippen molar-refractivity contribution < 1.29 is 23.5 Å². The average Bonchev–Trinajstić information content (AvgIpc) is 2.73. The highest BCUT2D eigenvalue weighted by Gasteiger charge is 2.22. The summed E-state index contributed by atoms with van der Waals surface area (Å²) < 4.78 is 30.7. The summed E-state index contributed by atoms with van der Waals surface area (Å²) in [6, 6.07) is 6.26. The summed E-state index contributed by atoms with van der Waals surface area (Å²) in [5, 5.41) is 14.6. The number of carboxylic acids is 1. The zero-order valence-corrected chi connectivity index (χ0v) is 19.3. The molecule has 0 saturated carbocycles. The Morgan fingerprint density at radius 3 is 2.12 bits per heavy atom. The highest BCUT2D eigenvalue weighted by molar-refractivity contribution is 5.99. The first-order chi connectivity index (χ1) is 15.0. The van der Waals surface area contributed by atoms with Gasteiger partial charge in [0.2, 0.25) is 5.91 Å². The second-order valence-corrected chi connectivity index (χ2v) is 8.10. The average molecular weight is 445 g/mol. The molecule has 0 unspecified atom stereocenters. The second-order valence-electron chi connectivity index (χ2n) is 8.10. The number of halogens is 2. The highest BCUT2D eigenvalue weighted by atomic mass is 19.1. The van der Waals surface area contributed by atoms with Crippen molar-refractivity contribution in [1.82, 2.24) is 5.32 Å². The Morgan fingerprint density at radius 1 is 1.03 bits per heavy atom. The Morgan fingerprint density at radius 2 is 1.62 bits per heavy atom. The SMILES string of the molecule is CCC(=Cc1c(C)c(F)c(-c2ccc(NC(C)C)cc2)c(C)c1F)C(=O)N[C@H](C)C(=O)O. The smallest absolute Gasteiger partial charge is 0.325 e. The van der Waals surface area contributed by atoms with Crippen LogP contribution >= 0.6 is 0 Å². The van der Waals surface area contributed by atoms with Crippen LogP contribution in [0, 0.1) is 25.5 Å². The molecule has 2 aromatic rings. The molecule has 0 aliphatic rings. The van der Waals surface area contributed by atoms with Gasteiger partial charge in [0.15, 0.2) is 0 Å². The predicted octanol–water partition coefficient (Wildman–Crippen LogP) is 5.45. The molecule has 2 aromatic carbocycles. The Balaban J connectivity index is 2.51. The maximum atomic E-state index is 15.4. The zero-order valence-electron chi connectivity index (χ0n) is 19.3. The van der Waals surface area contributed by atoms with Gasteiger partial charge in [0.25, 0.3) is 0 Å². The normalized spacial score (nSPS) is 12.6. The molecule has 7 heteroatoms. The van der Waals surface area contributed by atoms with E-state index >= 15 is 8.78 Å². The molecular weight excluding hydrogens is 414 g/mol. The maximum absolute atomic E-state index is 15.4. The molecule has 32 heavy (non-hydrogen) atoms. The number of carbonyl (C=O) groups is 2. The van der Waals surface area contributed by atoms with Crippen molar-refractivity contribution in [3.8, 4) is 11.1 Å². The van der Waals surface area contributed by atoms with Crippen LogP contribution in [0.2, 0.25) is 0 Å². The van der Waals surface area contributed by atoms with Crippen LogP contribution < -0.4 is 10.6 Å². The van der Waals surface area contributed by atoms with Gasteiger partial charge in [0, 0.05) is 28.4 Å². The van der Waals surface area contributed by atoms with E-state index in [4.69, 9.17) is 5.11 Å². The van der Waals surface area contributed by atoms with Gasteiger partial charge in [-0.2, -0.15) is 0 Å². The minimum absolute atomic E-state index is 0.0168. The van der Waals surface area contributed by atoms with Gasteiger partial charge in [-0.1, -0.05) is 19.1 Å². The number of hydrogen-bond acceptors (Lipinski definition) is 3. The molecule has 2 rings (SSSR count). The molecule has 3 N–H and O–H groups in total. The summed E-state index contributed by atoms with van der Waals surface area (Å²) in [6.45, 7) is 10.0. The van der Waals surface area contributed by atoms with Gasteiger partial charge in [-0.3, -0.25) is 9.59 Å². The lowest BCUT2D eigenvalue weighted by molar-refractivity contribution is -0.140. The summed E-state index contributed by atoms with van der Waals surface area (Å²) in [6.07, 6.45) is 1.52. The van der Waals surface area contributed by atoms with Crippen LogP contribution in [0.5, 0.6) is 0 Å². The van der Waals surface area contributed by atoms with Gasteiger partial charge in [-0.05, 0) is 75.9 Å². The third-order valence-corrected chi connectivity index (χ3v) is 5.23. The van der Waals surface area contributed by atoms with Crippen molar-refractivity contribution in [2.75, 3.05) is 5.32 Å². The van der Waals surface area contributed by atoms with Crippen LogP contribution in [0.25, 0.3) is 17.2 Å². The Kier molecular flexibility index (Phi) is 8.14. The first kappa shape index (κ1) is 25.0. The van der Waals surface area contributed by atoms with Gasteiger partial charge in [-0.25, -0.2) is 8.78 Å². The van der Waals surface area contributed by atoms with E-state index in [1.54, 1.807) is 19.1 Å². The van der Waals surface area contributed by atoms with Gasteiger partial charge in [-0.15, -0.1) is 0 Å². The molecule has 1 atom stereocenters. The second kappa shape index (κ2) is 10.4.